The van der Waals surface area contributed by atoms with E-state index in [9.17, 15) is 0 Å². The zero-order valence-corrected chi connectivity index (χ0v) is 17.1. The highest BCUT2D eigenvalue weighted by Crippen LogP contribution is 2.39. The highest BCUT2D eigenvalue weighted by molar-refractivity contribution is 8.01. The van der Waals surface area contributed by atoms with Gasteiger partial charge in [0.15, 0.2) is 4.34 Å². The van der Waals surface area contributed by atoms with E-state index < -0.39 is 0 Å². The molecule has 5 nitrogen and oxygen atoms in total. The summed E-state index contributed by atoms with van der Waals surface area (Å²) in [6.45, 7) is 6.92. The molecule has 0 fully saturated rings. The molecule has 132 valence electrons. The zero-order chi connectivity index (χ0) is 18.1. The van der Waals surface area contributed by atoms with Gasteiger partial charge in [0.1, 0.15) is 15.7 Å². The molecule has 0 aliphatic carbocycles. The number of thiophene rings is 1. The number of nitrogens with zero attached hydrogens (tertiary/aromatic N) is 4. The number of hydrogen-bond acceptors (Lipinski definition) is 8. The fourth-order valence-electron chi connectivity index (χ4n) is 2.57. The number of aryl methyl sites for hydroxylation is 3. The highest BCUT2D eigenvalue weighted by atomic mass is 32.2. The van der Waals surface area contributed by atoms with Crippen LogP contribution in [-0.4, -0.2) is 20.2 Å². The molecule has 0 radical (unpaired) electrons. The number of anilines is 1. The van der Waals surface area contributed by atoms with Crippen molar-refractivity contribution in [3.8, 4) is 0 Å². The maximum absolute atomic E-state index is 4.65. The first kappa shape index (κ1) is 17.4. The molecule has 3 heterocycles. The van der Waals surface area contributed by atoms with E-state index in [1.807, 2.05) is 25.1 Å². The van der Waals surface area contributed by atoms with Crippen LogP contribution in [-0.2, 0) is 6.54 Å². The quantitative estimate of drug-likeness (QED) is 0.464. The van der Waals surface area contributed by atoms with Gasteiger partial charge in [-0.2, -0.15) is 0 Å². The van der Waals surface area contributed by atoms with E-state index in [1.165, 1.54) is 16.0 Å². The lowest BCUT2D eigenvalue weighted by molar-refractivity contribution is 0.983. The molecular weight excluding hydrogens is 382 g/mol. The van der Waals surface area contributed by atoms with Gasteiger partial charge in [0, 0.05) is 16.8 Å². The van der Waals surface area contributed by atoms with Crippen molar-refractivity contribution in [3.63, 3.8) is 0 Å². The van der Waals surface area contributed by atoms with Gasteiger partial charge in [0.25, 0.3) is 0 Å². The maximum Gasteiger partial charge on any atom is 0.206 e. The van der Waals surface area contributed by atoms with Gasteiger partial charge in [-0.3, -0.25) is 0 Å². The monoisotopic (exact) mass is 399 g/mol. The van der Waals surface area contributed by atoms with Crippen LogP contribution in [0.5, 0.6) is 0 Å². The SMILES string of the molecule is Cc1nc(Sc2nnc(NCc3ccccc3)s2)c2c(C)c(C)sc2n1. The third-order valence-corrected chi connectivity index (χ3v) is 7.01. The normalized spacial score (nSPS) is 11.2. The van der Waals surface area contributed by atoms with E-state index in [1.54, 1.807) is 34.4 Å². The zero-order valence-electron chi connectivity index (χ0n) is 14.6. The Labute approximate surface area is 163 Å². The molecule has 0 spiro atoms. The van der Waals surface area contributed by atoms with Crippen LogP contribution in [0.15, 0.2) is 39.7 Å². The molecule has 0 aliphatic heterocycles. The van der Waals surface area contributed by atoms with Crippen molar-refractivity contribution in [2.24, 2.45) is 0 Å². The summed E-state index contributed by atoms with van der Waals surface area (Å²) in [7, 11) is 0. The smallest absolute Gasteiger partial charge is 0.206 e. The van der Waals surface area contributed by atoms with Crippen LogP contribution in [0, 0.1) is 20.8 Å². The number of aromatic nitrogens is 4. The van der Waals surface area contributed by atoms with Gasteiger partial charge in [-0.1, -0.05) is 41.7 Å². The highest BCUT2D eigenvalue weighted by Gasteiger charge is 2.16. The van der Waals surface area contributed by atoms with Crippen molar-refractivity contribution in [2.45, 2.75) is 36.7 Å². The summed E-state index contributed by atoms with van der Waals surface area (Å²) < 4.78 is 0.878. The van der Waals surface area contributed by atoms with Gasteiger partial charge in [-0.05, 0) is 43.7 Å². The van der Waals surface area contributed by atoms with E-state index in [0.29, 0.717) is 0 Å². The van der Waals surface area contributed by atoms with Crippen LogP contribution < -0.4 is 5.32 Å². The number of rotatable bonds is 5. The van der Waals surface area contributed by atoms with Crippen LogP contribution in [0.25, 0.3) is 10.2 Å². The van der Waals surface area contributed by atoms with Gasteiger partial charge >= 0.3 is 0 Å². The Hall–Kier alpha value is -2.03. The topological polar surface area (TPSA) is 63.6 Å². The van der Waals surface area contributed by atoms with Crippen molar-refractivity contribution in [2.75, 3.05) is 5.32 Å². The average Bonchev–Trinajstić information content (AvgIpc) is 3.18. The summed E-state index contributed by atoms with van der Waals surface area (Å²) in [6, 6.07) is 10.3. The first-order valence-corrected chi connectivity index (χ1v) is 10.6. The minimum Gasteiger partial charge on any atom is -0.356 e. The Morgan fingerprint density at radius 1 is 1.00 bits per heavy atom. The second-order valence-corrected chi connectivity index (χ2v) is 9.27. The first-order valence-electron chi connectivity index (χ1n) is 8.13. The predicted octanol–water partition coefficient (Wildman–Crippen LogP) is 5.23. The molecule has 0 saturated carbocycles. The molecule has 26 heavy (non-hydrogen) atoms. The van der Waals surface area contributed by atoms with Crippen LogP contribution in [0.2, 0.25) is 0 Å². The third-order valence-electron chi connectivity index (χ3n) is 3.98. The molecule has 0 saturated heterocycles. The Kier molecular flexibility index (Phi) is 4.88. The Morgan fingerprint density at radius 3 is 2.62 bits per heavy atom. The molecular formula is C18H17N5S3. The molecule has 0 aliphatic rings. The fourth-order valence-corrected chi connectivity index (χ4v) is 5.60. The maximum atomic E-state index is 4.65. The number of benzene rings is 1. The number of nitrogens with one attached hydrogen (secondary N) is 1. The minimum absolute atomic E-state index is 0.736. The summed E-state index contributed by atoms with van der Waals surface area (Å²) in [5.74, 6) is 0.785. The molecule has 8 heteroatoms. The standard InChI is InChI=1S/C18H17N5S3/c1-10-11(2)24-15-14(10)16(21-12(3)20-15)25-18-23-22-17(26-18)19-9-13-7-5-4-6-8-13/h4-8H,9H2,1-3H3,(H,19,22). The number of fused-ring (bicyclic) bond motifs is 1. The molecule has 4 aromatic rings. The van der Waals surface area contributed by atoms with Gasteiger partial charge in [-0.15, -0.1) is 21.5 Å². The summed E-state index contributed by atoms with van der Waals surface area (Å²) in [4.78, 5) is 11.6. The van der Waals surface area contributed by atoms with E-state index in [0.717, 1.165) is 37.1 Å². The average molecular weight is 400 g/mol. The van der Waals surface area contributed by atoms with Crippen LogP contribution in [0.4, 0.5) is 5.13 Å². The van der Waals surface area contributed by atoms with Crippen molar-refractivity contribution in [1.82, 2.24) is 20.2 Å². The molecule has 0 amide bonds. The summed E-state index contributed by atoms with van der Waals surface area (Å²) in [5, 5.41) is 14.8. The molecule has 0 unspecified atom stereocenters. The first-order chi connectivity index (χ1) is 12.6. The lowest BCUT2D eigenvalue weighted by Gasteiger charge is -2.02. The third kappa shape index (κ3) is 3.58. The fraction of sp³-hybridized carbons (Fsp3) is 0.222. The molecule has 0 bridgehead atoms. The van der Waals surface area contributed by atoms with E-state index in [4.69, 9.17) is 0 Å². The minimum atomic E-state index is 0.736. The van der Waals surface area contributed by atoms with Gasteiger partial charge < -0.3 is 5.32 Å². The molecule has 1 aromatic carbocycles. The van der Waals surface area contributed by atoms with E-state index >= 15 is 0 Å². The largest absolute Gasteiger partial charge is 0.356 e. The van der Waals surface area contributed by atoms with Gasteiger partial charge in [0.2, 0.25) is 5.13 Å². The van der Waals surface area contributed by atoms with E-state index in [2.05, 4.69) is 51.5 Å². The summed E-state index contributed by atoms with van der Waals surface area (Å²) >= 11 is 4.83. The lowest BCUT2D eigenvalue weighted by Crippen LogP contribution is -1.98. The van der Waals surface area contributed by atoms with Crippen molar-refractivity contribution >= 4 is 49.8 Å². The lowest BCUT2D eigenvalue weighted by atomic mass is 10.2. The van der Waals surface area contributed by atoms with Crippen molar-refractivity contribution in [3.05, 3.63) is 52.2 Å². The second-order valence-electron chi connectivity index (χ2n) is 5.85. The van der Waals surface area contributed by atoms with Gasteiger partial charge in [-0.25, -0.2) is 9.97 Å². The molecule has 0 atom stereocenters. The van der Waals surface area contributed by atoms with E-state index in [-0.39, 0.29) is 0 Å². The molecule has 4 rings (SSSR count). The van der Waals surface area contributed by atoms with Gasteiger partial charge in [0.05, 0.1) is 0 Å². The summed E-state index contributed by atoms with van der Waals surface area (Å²) in [5.41, 5.74) is 2.47. The van der Waals surface area contributed by atoms with Crippen LogP contribution in [0.1, 0.15) is 21.8 Å². The second kappa shape index (κ2) is 7.30. The van der Waals surface area contributed by atoms with Crippen LogP contribution >= 0.6 is 34.4 Å². The molecule has 3 aromatic heterocycles. The Morgan fingerprint density at radius 2 is 1.81 bits per heavy atom. The Bertz CT molecular complexity index is 1060. The van der Waals surface area contributed by atoms with Crippen LogP contribution in [0.3, 0.4) is 0 Å². The molecule has 1 N–H and O–H groups in total. The number of hydrogen-bond donors (Lipinski definition) is 1. The van der Waals surface area contributed by atoms with Crippen molar-refractivity contribution in [1.29, 1.82) is 0 Å². The predicted molar refractivity (Wildman–Crippen MR) is 109 cm³/mol. The Balaban J connectivity index is 1.55. The van der Waals surface area contributed by atoms with Crippen molar-refractivity contribution < 1.29 is 0 Å². The summed E-state index contributed by atoms with van der Waals surface area (Å²) in [6.07, 6.45) is 0.